The molecule has 1 aliphatic rings. The zero-order valence-corrected chi connectivity index (χ0v) is 8.26. The predicted octanol–water partition coefficient (Wildman–Crippen LogP) is 2.57. The summed E-state index contributed by atoms with van der Waals surface area (Å²) in [6.45, 7) is 4.48. The van der Waals surface area contributed by atoms with E-state index in [2.05, 4.69) is 0 Å². The zero-order valence-electron chi connectivity index (χ0n) is 8.26. The Labute approximate surface area is 78.0 Å². The highest BCUT2D eigenvalue weighted by Crippen LogP contribution is 2.29. The van der Waals surface area contributed by atoms with E-state index in [0.29, 0.717) is 18.8 Å². The van der Waals surface area contributed by atoms with E-state index in [1.54, 1.807) is 6.08 Å². The second-order valence-corrected chi connectivity index (χ2v) is 2.97. The Morgan fingerprint density at radius 2 is 2.31 bits per heavy atom. The minimum Gasteiger partial charge on any atom is -0.494 e. The van der Waals surface area contributed by atoms with Crippen molar-refractivity contribution >= 4 is 0 Å². The lowest BCUT2D eigenvalue weighted by Gasteiger charge is -2.11. The van der Waals surface area contributed by atoms with Crippen LogP contribution < -0.4 is 0 Å². The highest BCUT2D eigenvalue weighted by atomic mass is 19.1. The topological polar surface area (TPSA) is 18.5 Å². The molecule has 0 saturated heterocycles. The summed E-state index contributed by atoms with van der Waals surface area (Å²) in [7, 11) is 1.47. The SMILES string of the molecule is CCO[C@H](C)C1=CC(OC)=C(F)C1. The number of hydrogen-bond donors (Lipinski definition) is 0. The Bertz CT molecular complexity index is 243. The van der Waals surface area contributed by atoms with Crippen molar-refractivity contribution in [3.05, 3.63) is 23.2 Å². The highest BCUT2D eigenvalue weighted by Gasteiger charge is 2.20. The summed E-state index contributed by atoms with van der Waals surface area (Å²) in [4.78, 5) is 0. The first kappa shape index (κ1) is 10.3. The molecule has 0 fully saturated rings. The van der Waals surface area contributed by atoms with Crippen LogP contribution in [0.5, 0.6) is 0 Å². The van der Waals surface area contributed by atoms with Crippen LogP contribution in [-0.4, -0.2) is 19.8 Å². The molecule has 13 heavy (non-hydrogen) atoms. The van der Waals surface area contributed by atoms with Crippen molar-refractivity contribution in [3.63, 3.8) is 0 Å². The minimum absolute atomic E-state index is 0.0246. The first-order valence-corrected chi connectivity index (χ1v) is 4.43. The fourth-order valence-corrected chi connectivity index (χ4v) is 1.35. The lowest BCUT2D eigenvalue weighted by molar-refractivity contribution is 0.0997. The molecule has 74 valence electrons. The molecule has 0 heterocycles. The van der Waals surface area contributed by atoms with Crippen LogP contribution in [0.3, 0.4) is 0 Å². The van der Waals surface area contributed by atoms with Gasteiger partial charge in [-0.15, -0.1) is 0 Å². The van der Waals surface area contributed by atoms with E-state index < -0.39 is 0 Å². The van der Waals surface area contributed by atoms with E-state index in [4.69, 9.17) is 9.47 Å². The summed E-state index contributed by atoms with van der Waals surface area (Å²) < 4.78 is 23.3. The largest absolute Gasteiger partial charge is 0.494 e. The number of methoxy groups -OCH3 is 1. The van der Waals surface area contributed by atoms with Gasteiger partial charge in [-0.2, -0.15) is 0 Å². The maximum absolute atomic E-state index is 13.1. The van der Waals surface area contributed by atoms with Crippen LogP contribution in [0.1, 0.15) is 20.3 Å². The van der Waals surface area contributed by atoms with Gasteiger partial charge >= 0.3 is 0 Å². The van der Waals surface area contributed by atoms with Crippen LogP contribution in [-0.2, 0) is 9.47 Å². The average Bonchev–Trinajstić information content (AvgIpc) is 2.47. The van der Waals surface area contributed by atoms with E-state index in [9.17, 15) is 4.39 Å². The van der Waals surface area contributed by atoms with Gasteiger partial charge in [-0.1, -0.05) is 0 Å². The van der Waals surface area contributed by atoms with Gasteiger partial charge in [0.05, 0.1) is 13.2 Å². The molecule has 0 spiro atoms. The third-order valence-electron chi connectivity index (χ3n) is 2.10. The second kappa shape index (κ2) is 4.42. The molecule has 0 saturated carbocycles. The molecule has 1 aliphatic carbocycles. The standard InChI is InChI=1S/C10H15FO2/c1-4-13-7(2)8-5-9(11)10(6-8)12-3/h6-7H,4-5H2,1-3H3/t7-/m1/s1. The van der Waals surface area contributed by atoms with Gasteiger partial charge < -0.3 is 9.47 Å². The fourth-order valence-electron chi connectivity index (χ4n) is 1.35. The first-order chi connectivity index (χ1) is 6.19. The molecule has 0 amide bonds. The second-order valence-electron chi connectivity index (χ2n) is 2.97. The molecule has 3 heteroatoms. The van der Waals surface area contributed by atoms with Crippen LogP contribution in [0.25, 0.3) is 0 Å². The quantitative estimate of drug-likeness (QED) is 0.671. The molecule has 2 nitrogen and oxygen atoms in total. The maximum atomic E-state index is 13.1. The summed E-state index contributed by atoms with van der Waals surface area (Å²) in [6, 6.07) is 0. The van der Waals surface area contributed by atoms with Gasteiger partial charge in [-0.3, -0.25) is 0 Å². The van der Waals surface area contributed by atoms with E-state index >= 15 is 0 Å². The van der Waals surface area contributed by atoms with Crippen molar-refractivity contribution in [2.45, 2.75) is 26.4 Å². The molecule has 0 radical (unpaired) electrons. The molecule has 1 atom stereocenters. The molecule has 0 aromatic carbocycles. The molecule has 0 aromatic heterocycles. The normalized spacial score (nSPS) is 18.9. The lowest BCUT2D eigenvalue weighted by atomic mass is 10.1. The van der Waals surface area contributed by atoms with Crippen LogP contribution in [0.4, 0.5) is 4.39 Å². The van der Waals surface area contributed by atoms with Gasteiger partial charge in [0.15, 0.2) is 5.76 Å². The molecular weight excluding hydrogens is 171 g/mol. The Hall–Kier alpha value is -0.830. The monoisotopic (exact) mass is 186 g/mol. The van der Waals surface area contributed by atoms with E-state index in [1.807, 2.05) is 13.8 Å². The summed E-state index contributed by atoms with van der Waals surface area (Å²) in [5.74, 6) is 0.130. The molecule has 0 N–H and O–H groups in total. The van der Waals surface area contributed by atoms with Crippen molar-refractivity contribution in [2.75, 3.05) is 13.7 Å². The smallest absolute Gasteiger partial charge is 0.150 e. The summed E-state index contributed by atoms with van der Waals surface area (Å²) in [6.07, 6.45) is 2.02. The number of rotatable bonds is 4. The zero-order chi connectivity index (χ0) is 9.84. The molecule has 0 aromatic rings. The third kappa shape index (κ3) is 2.31. The Kier molecular flexibility index (Phi) is 3.48. The average molecular weight is 186 g/mol. The molecule has 0 aliphatic heterocycles. The van der Waals surface area contributed by atoms with E-state index in [-0.39, 0.29) is 11.9 Å². The number of halogens is 1. The molecule has 1 rings (SSSR count). The van der Waals surface area contributed by atoms with Gasteiger partial charge in [0, 0.05) is 13.0 Å². The van der Waals surface area contributed by atoms with Crippen LogP contribution in [0, 0.1) is 0 Å². The Balaban J connectivity index is 2.59. The summed E-state index contributed by atoms with van der Waals surface area (Å²) in [5, 5.41) is 0. The lowest BCUT2D eigenvalue weighted by Crippen LogP contribution is -2.10. The Morgan fingerprint density at radius 3 is 2.77 bits per heavy atom. The van der Waals surface area contributed by atoms with Crippen molar-refractivity contribution in [3.8, 4) is 0 Å². The van der Waals surface area contributed by atoms with Crippen LogP contribution >= 0.6 is 0 Å². The maximum Gasteiger partial charge on any atom is 0.150 e. The summed E-state index contributed by atoms with van der Waals surface area (Å²) in [5.41, 5.74) is 0.941. The van der Waals surface area contributed by atoms with Gasteiger partial charge in [-0.05, 0) is 25.5 Å². The van der Waals surface area contributed by atoms with Gasteiger partial charge in [-0.25, -0.2) is 4.39 Å². The highest BCUT2D eigenvalue weighted by molar-refractivity contribution is 5.34. The fraction of sp³-hybridized carbons (Fsp3) is 0.600. The van der Waals surface area contributed by atoms with Gasteiger partial charge in [0.1, 0.15) is 5.83 Å². The number of ether oxygens (including phenoxy) is 2. The summed E-state index contributed by atoms with van der Waals surface area (Å²) >= 11 is 0. The number of allylic oxidation sites excluding steroid dienone is 2. The van der Waals surface area contributed by atoms with Crippen molar-refractivity contribution in [1.29, 1.82) is 0 Å². The molecule has 0 unspecified atom stereocenters. The van der Waals surface area contributed by atoms with Crippen molar-refractivity contribution in [1.82, 2.24) is 0 Å². The molecule has 0 bridgehead atoms. The van der Waals surface area contributed by atoms with Crippen LogP contribution in [0.2, 0.25) is 0 Å². The minimum atomic E-state index is -0.205. The number of hydrogen-bond acceptors (Lipinski definition) is 2. The van der Waals surface area contributed by atoms with E-state index in [1.165, 1.54) is 7.11 Å². The van der Waals surface area contributed by atoms with Gasteiger partial charge in [0.25, 0.3) is 0 Å². The first-order valence-electron chi connectivity index (χ1n) is 4.43. The van der Waals surface area contributed by atoms with Crippen molar-refractivity contribution in [2.24, 2.45) is 0 Å². The third-order valence-corrected chi connectivity index (χ3v) is 2.10. The Morgan fingerprint density at radius 1 is 1.62 bits per heavy atom. The van der Waals surface area contributed by atoms with Crippen LogP contribution in [0.15, 0.2) is 23.2 Å². The van der Waals surface area contributed by atoms with Gasteiger partial charge in [0.2, 0.25) is 0 Å². The van der Waals surface area contributed by atoms with Crippen molar-refractivity contribution < 1.29 is 13.9 Å². The van der Waals surface area contributed by atoms with E-state index in [0.717, 1.165) is 5.57 Å². The predicted molar refractivity (Wildman–Crippen MR) is 48.9 cm³/mol. The molecular formula is C10H15FO2.